The lowest BCUT2D eigenvalue weighted by atomic mass is 10.1. The molecule has 1 aromatic heterocycles. The van der Waals surface area contributed by atoms with E-state index < -0.39 is 0 Å². The van der Waals surface area contributed by atoms with Gasteiger partial charge in [0.15, 0.2) is 0 Å². The molecule has 0 fully saturated rings. The highest BCUT2D eigenvalue weighted by molar-refractivity contribution is 5.75. The number of fused-ring (bicyclic) bond motifs is 2. The van der Waals surface area contributed by atoms with E-state index in [0.717, 1.165) is 23.2 Å². The van der Waals surface area contributed by atoms with Gasteiger partial charge in [-0.25, -0.2) is 4.79 Å². The molecule has 21 heavy (non-hydrogen) atoms. The summed E-state index contributed by atoms with van der Waals surface area (Å²) in [6.45, 7) is 0.578. The Bertz CT molecular complexity index is 851. The van der Waals surface area contributed by atoms with Gasteiger partial charge in [0.25, 0.3) is 0 Å². The third kappa shape index (κ3) is 1.87. The standard InChI is InChI=1S/C17H16N2O2/c1-18-14-7-3-4-8-15(14)19(17(18)20)11-13-10-12-6-2-5-9-16(12)21-13/h2-9,13H,10-11H2,1H3. The maximum absolute atomic E-state index is 12.4. The monoisotopic (exact) mass is 280 g/mol. The summed E-state index contributed by atoms with van der Waals surface area (Å²) in [6.07, 6.45) is 0.872. The molecule has 1 aliphatic rings. The minimum absolute atomic E-state index is 0.00996. The molecule has 0 amide bonds. The Morgan fingerprint density at radius 2 is 1.81 bits per heavy atom. The number of nitrogens with zero attached hydrogens (tertiary/aromatic N) is 2. The van der Waals surface area contributed by atoms with Crippen molar-refractivity contribution in [1.29, 1.82) is 0 Å². The first-order chi connectivity index (χ1) is 10.2. The lowest BCUT2D eigenvalue weighted by Gasteiger charge is -2.11. The Balaban J connectivity index is 1.71. The number of aryl methyl sites for hydroxylation is 1. The van der Waals surface area contributed by atoms with Crippen LogP contribution in [-0.2, 0) is 20.0 Å². The highest BCUT2D eigenvalue weighted by Crippen LogP contribution is 2.29. The predicted molar refractivity (Wildman–Crippen MR) is 81.7 cm³/mol. The van der Waals surface area contributed by atoms with Crippen LogP contribution in [0.25, 0.3) is 11.0 Å². The molecule has 0 aliphatic carbocycles. The molecule has 0 radical (unpaired) electrons. The van der Waals surface area contributed by atoms with Gasteiger partial charge in [0.05, 0.1) is 17.6 Å². The molecule has 2 aromatic carbocycles. The third-order valence-electron chi connectivity index (χ3n) is 4.15. The van der Waals surface area contributed by atoms with Crippen LogP contribution >= 0.6 is 0 Å². The van der Waals surface area contributed by atoms with E-state index in [4.69, 9.17) is 4.74 Å². The second kappa shape index (κ2) is 4.52. The molecule has 4 heteroatoms. The summed E-state index contributed by atoms with van der Waals surface area (Å²) in [6, 6.07) is 15.9. The second-order valence-electron chi connectivity index (χ2n) is 5.49. The molecule has 4 nitrogen and oxygen atoms in total. The topological polar surface area (TPSA) is 36.2 Å². The van der Waals surface area contributed by atoms with E-state index in [0.29, 0.717) is 6.54 Å². The van der Waals surface area contributed by atoms with E-state index in [2.05, 4.69) is 6.07 Å². The van der Waals surface area contributed by atoms with Crippen LogP contribution in [0.2, 0.25) is 0 Å². The summed E-state index contributed by atoms with van der Waals surface area (Å²) in [7, 11) is 1.81. The van der Waals surface area contributed by atoms with Crippen molar-refractivity contribution in [3.63, 3.8) is 0 Å². The zero-order valence-electron chi connectivity index (χ0n) is 11.8. The van der Waals surface area contributed by atoms with Crippen LogP contribution < -0.4 is 10.4 Å². The largest absolute Gasteiger partial charge is 0.488 e. The number of imidazole rings is 1. The maximum Gasteiger partial charge on any atom is 0.328 e. The third-order valence-corrected chi connectivity index (χ3v) is 4.15. The van der Waals surface area contributed by atoms with Crippen molar-refractivity contribution >= 4 is 11.0 Å². The van der Waals surface area contributed by atoms with Gasteiger partial charge in [0, 0.05) is 13.5 Å². The van der Waals surface area contributed by atoms with Crippen LogP contribution in [0.15, 0.2) is 53.3 Å². The van der Waals surface area contributed by atoms with E-state index in [1.54, 1.807) is 4.57 Å². The number of hydrogen-bond acceptors (Lipinski definition) is 2. The summed E-state index contributed by atoms with van der Waals surface area (Å²) < 4.78 is 9.46. The molecular formula is C17H16N2O2. The highest BCUT2D eigenvalue weighted by atomic mass is 16.5. The minimum atomic E-state index is 0.00996. The summed E-state index contributed by atoms with van der Waals surface area (Å²) in [5.74, 6) is 0.941. The molecule has 106 valence electrons. The number of benzene rings is 2. The van der Waals surface area contributed by atoms with Gasteiger partial charge < -0.3 is 4.74 Å². The fraction of sp³-hybridized carbons (Fsp3) is 0.235. The Morgan fingerprint density at radius 1 is 1.10 bits per heavy atom. The quantitative estimate of drug-likeness (QED) is 0.722. The molecule has 1 aliphatic heterocycles. The van der Waals surface area contributed by atoms with Crippen molar-refractivity contribution in [3.05, 3.63) is 64.6 Å². The minimum Gasteiger partial charge on any atom is -0.488 e. The van der Waals surface area contributed by atoms with E-state index in [1.165, 1.54) is 5.56 Å². The first-order valence-electron chi connectivity index (χ1n) is 7.13. The van der Waals surface area contributed by atoms with Crippen LogP contribution in [0.4, 0.5) is 0 Å². The zero-order valence-corrected chi connectivity index (χ0v) is 11.8. The van der Waals surface area contributed by atoms with E-state index in [-0.39, 0.29) is 11.8 Å². The molecule has 0 saturated carbocycles. The number of aromatic nitrogens is 2. The van der Waals surface area contributed by atoms with Gasteiger partial charge >= 0.3 is 5.69 Å². The summed E-state index contributed by atoms with van der Waals surface area (Å²) in [5, 5.41) is 0. The number of hydrogen-bond donors (Lipinski definition) is 0. The average molecular weight is 280 g/mol. The second-order valence-corrected chi connectivity index (χ2v) is 5.49. The predicted octanol–water partition coefficient (Wildman–Crippen LogP) is 2.34. The number of para-hydroxylation sites is 3. The van der Waals surface area contributed by atoms with E-state index >= 15 is 0 Å². The Hall–Kier alpha value is -2.49. The zero-order chi connectivity index (χ0) is 14.4. The Morgan fingerprint density at radius 3 is 2.62 bits per heavy atom. The molecule has 0 bridgehead atoms. The fourth-order valence-electron chi connectivity index (χ4n) is 3.10. The van der Waals surface area contributed by atoms with Crippen LogP contribution in [0.5, 0.6) is 5.75 Å². The van der Waals surface area contributed by atoms with Gasteiger partial charge in [0.2, 0.25) is 0 Å². The van der Waals surface area contributed by atoms with Gasteiger partial charge in [-0.1, -0.05) is 30.3 Å². The smallest absolute Gasteiger partial charge is 0.328 e. The van der Waals surface area contributed by atoms with Gasteiger partial charge in [-0.05, 0) is 23.8 Å². The van der Waals surface area contributed by atoms with Gasteiger partial charge in [-0.3, -0.25) is 9.13 Å². The molecule has 4 rings (SSSR count). The number of rotatable bonds is 2. The van der Waals surface area contributed by atoms with Crippen LogP contribution in [0.1, 0.15) is 5.56 Å². The van der Waals surface area contributed by atoms with Crippen LogP contribution in [0, 0.1) is 0 Å². The molecule has 2 heterocycles. The number of ether oxygens (including phenoxy) is 1. The lowest BCUT2D eigenvalue weighted by molar-refractivity contribution is 0.209. The molecule has 1 atom stereocenters. The fourth-order valence-corrected chi connectivity index (χ4v) is 3.10. The Kier molecular flexibility index (Phi) is 2.64. The maximum atomic E-state index is 12.4. The van der Waals surface area contributed by atoms with Crippen molar-refractivity contribution in [2.24, 2.45) is 7.05 Å². The first kappa shape index (κ1) is 12.3. The summed E-state index contributed by atoms with van der Waals surface area (Å²) in [4.78, 5) is 12.4. The highest BCUT2D eigenvalue weighted by Gasteiger charge is 2.24. The lowest BCUT2D eigenvalue weighted by Crippen LogP contribution is -2.29. The molecule has 0 saturated heterocycles. The van der Waals surface area contributed by atoms with Crippen molar-refractivity contribution < 1.29 is 4.74 Å². The SMILES string of the molecule is Cn1c(=O)n(CC2Cc3ccccc3O2)c2ccccc21. The van der Waals surface area contributed by atoms with Crippen molar-refractivity contribution in [1.82, 2.24) is 9.13 Å². The normalized spacial score (nSPS) is 16.9. The van der Waals surface area contributed by atoms with Crippen molar-refractivity contribution in [2.45, 2.75) is 19.1 Å². The molecule has 0 spiro atoms. The Labute approximate surface area is 122 Å². The van der Waals surface area contributed by atoms with E-state index in [9.17, 15) is 4.79 Å². The van der Waals surface area contributed by atoms with Gasteiger partial charge in [0.1, 0.15) is 11.9 Å². The summed E-state index contributed by atoms with van der Waals surface area (Å²) in [5.41, 5.74) is 3.15. The van der Waals surface area contributed by atoms with Crippen molar-refractivity contribution in [2.75, 3.05) is 0 Å². The average Bonchev–Trinajstić information content (AvgIpc) is 3.02. The van der Waals surface area contributed by atoms with Gasteiger partial charge in [-0.2, -0.15) is 0 Å². The first-order valence-corrected chi connectivity index (χ1v) is 7.13. The van der Waals surface area contributed by atoms with Crippen LogP contribution in [0.3, 0.4) is 0 Å². The summed E-state index contributed by atoms with van der Waals surface area (Å²) >= 11 is 0. The van der Waals surface area contributed by atoms with Crippen molar-refractivity contribution in [3.8, 4) is 5.75 Å². The molecular weight excluding hydrogens is 264 g/mol. The van der Waals surface area contributed by atoms with E-state index in [1.807, 2.05) is 54.1 Å². The van der Waals surface area contributed by atoms with Gasteiger partial charge in [-0.15, -0.1) is 0 Å². The molecule has 3 aromatic rings. The molecule has 1 unspecified atom stereocenters. The molecule has 0 N–H and O–H groups in total. The van der Waals surface area contributed by atoms with Crippen LogP contribution in [-0.4, -0.2) is 15.2 Å².